The van der Waals surface area contributed by atoms with Gasteiger partial charge in [-0.3, -0.25) is 5.10 Å². The molecular formula is C14H18FN3O3S. The molecule has 22 heavy (non-hydrogen) atoms. The molecule has 1 heterocycles. The minimum atomic E-state index is -3.68. The highest BCUT2D eigenvalue weighted by molar-refractivity contribution is 7.89. The zero-order valence-corrected chi connectivity index (χ0v) is 13.1. The van der Waals surface area contributed by atoms with Gasteiger partial charge in [0.25, 0.3) is 0 Å². The van der Waals surface area contributed by atoms with Crippen LogP contribution in [0.4, 0.5) is 4.39 Å². The number of rotatable bonds is 6. The first kappa shape index (κ1) is 16.6. The molecule has 0 fully saturated rings. The van der Waals surface area contributed by atoms with Gasteiger partial charge in [-0.1, -0.05) is 12.1 Å². The van der Waals surface area contributed by atoms with Crippen LogP contribution < -0.4 is 4.72 Å². The molecule has 0 spiro atoms. The number of aromatic amines is 1. The largest absolute Gasteiger partial charge is 0.388 e. The standard InChI is InChI=1S/C14H18FN3O3S/c1-9-14(10(2)18-17-9)22(20,21)16-8-7-13(19)11-3-5-12(15)6-4-11/h3-6,13,16,19H,7-8H2,1-2H3,(H,17,18). The van der Waals surface area contributed by atoms with E-state index < -0.39 is 16.1 Å². The lowest BCUT2D eigenvalue weighted by Gasteiger charge is -2.12. The monoisotopic (exact) mass is 327 g/mol. The van der Waals surface area contributed by atoms with Crippen LogP contribution in [0.25, 0.3) is 0 Å². The molecule has 8 heteroatoms. The molecule has 0 aliphatic heterocycles. The summed E-state index contributed by atoms with van der Waals surface area (Å²) in [5.74, 6) is -0.387. The lowest BCUT2D eigenvalue weighted by Crippen LogP contribution is -2.26. The molecule has 1 aromatic carbocycles. The second-order valence-corrected chi connectivity index (χ2v) is 6.72. The molecule has 1 atom stereocenters. The Morgan fingerprint density at radius 3 is 2.50 bits per heavy atom. The van der Waals surface area contributed by atoms with E-state index in [9.17, 15) is 17.9 Å². The fourth-order valence-electron chi connectivity index (χ4n) is 2.19. The van der Waals surface area contributed by atoms with Gasteiger partial charge >= 0.3 is 0 Å². The van der Waals surface area contributed by atoms with Gasteiger partial charge in [-0.15, -0.1) is 0 Å². The number of H-pyrrole nitrogens is 1. The predicted molar refractivity (Wildman–Crippen MR) is 79.2 cm³/mol. The summed E-state index contributed by atoms with van der Waals surface area (Å²) in [5.41, 5.74) is 1.39. The minimum absolute atomic E-state index is 0.0605. The van der Waals surface area contributed by atoms with Crippen molar-refractivity contribution < 1.29 is 17.9 Å². The first-order chi connectivity index (χ1) is 10.3. The van der Waals surface area contributed by atoms with Crippen molar-refractivity contribution in [2.24, 2.45) is 0 Å². The van der Waals surface area contributed by atoms with Crippen LogP contribution in [0, 0.1) is 19.7 Å². The van der Waals surface area contributed by atoms with E-state index in [1.54, 1.807) is 13.8 Å². The number of benzene rings is 1. The highest BCUT2D eigenvalue weighted by Gasteiger charge is 2.22. The molecule has 120 valence electrons. The first-order valence-electron chi connectivity index (χ1n) is 6.76. The summed E-state index contributed by atoms with van der Waals surface area (Å²) in [6.07, 6.45) is -0.685. The topological polar surface area (TPSA) is 95.1 Å². The summed E-state index contributed by atoms with van der Waals surface area (Å²) < 4.78 is 39.6. The summed E-state index contributed by atoms with van der Waals surface area (Å²) in [5, 5.41) is 16.4. The number of hydrogen-bond acceptors (Lipinski definition) is 4. The zero-order valence-electron chi connectivity index (χ0n) is 12.3. The van der Waals surface area contributed by atoms with Gasteiger partial charge in [0.1, 0.15) is 10.7 Å². The molecule has 0 radical (unpaired) electrons. The van der Waals surface area contributed by atoms with Crippen molar-refractivity contribution in [2.45, 2.75) is 31.3 Å². The summed E-state index contributed by atoms with van der Waals surface area (Å²) in [4.78, 5) is 0.128. The van der Waals surface area contributed by atoms with Crippen LogP contribution >= 0.6 is 0 Å². The molecule has 0 aliphatic rings. The Morgan fingerprint density at radius 2 is 1.95 bits per heavy atom. The van der Waals surface area contributed by atoms with E-state index in [2.05, 4.69) is 14.9 Å². The van der Waals surface area contributed by atoms with Crippen LogP contribution in [0.2, 0.25) is 0 Å². The maximum Gasteiger partial charge on any atom is 0.244 e. The van der Waals surface area contributed by atoms with Crippen molar-refractivity contribution in [3.63, 3.8) is 0 Å². The van der Waals surface area contributed by atoms with Crippen molar-refractivity contribution in [3.8, 4) is 0 Å². The molecule has 0 saturated carbocycles. The molecular weight excluding hydrogens is 309 g/mol. The van der Waals surface area contributed by atoms with E-state index >= 15 is 0 Å². The van der Waals surface area contributed by atoms with E-state index in [0.29, 0.717) is 17.0 Å². The van der Waals surface area contributed by atoms with Gasteiger partial charge in [-0.25, -0.2) is 17.5 Å². The number of aryl methyl sites for hydroxylation is 2. The molecule has 2 rings (SSSR count). The lowest BCUT2D eigenvalue weighted by molar-refractivity contribution is 0.169. The van der Waals surface area contributed by atoms with E-state index in [4.69, 9.17) is 0 Å². The van der Waals surface area contributed by atoms with E-state index in [1.807, 2.05) is 0 Å². The Kier molecular flexibility index (Phi) is 4.94. The van der Waals surface area contributed by atoms with Crippen molar-refractivity contribution in [1.82, 2.24) is 14.9 Å². The van der Waals surface area contributed by atoms with Gasteiger partial charge in [0.15, 0.2) is 0 Å². The van der Waals surface area contributed by atoms with Crippen molar-refractivity contribution in [1.29, 1.82) is 0 Å². The Morgan fingerprint density at radius 1 is 1.32 bits per heavy atom. The third-order valence-corrected chi connectivity index (χ3v) is 5.02. The molecule has 1 aromatic heterocycles. The number of aliphatic hydroxyl groups excluding tert-OH is 1. The average Bonchev–Trinajstić information content (AvgIpc) is 2.79. The second-order valence-electron chi connectivity index (χ2n) is 5.02. The summed E-state index contributed by atoms with van der Waals surface area (Å²) in [6, 6.07) is 5.44. The molecule has 0 saturated heterocycles. The van der Waals surface area contributed by atoms with Gasteiger partial charge < -0.3 is 5.11 Å². The van der Waals surface area contributed by atoms with Gasteiger partial charge in [-0.2, -0.15) is 5.10 Å². The summed E-state index contributed by atoms with van der Waals surface area (Å²) in [7, 11) is -3.68. The van der Waals surface area contributed by atoms with Crippen LogP contribution in [-0.2, 0) is 10.0 Å². The third kappa shape index (κ3) is 3.70. The van der Waals surface area contributed by atoms with Crippen LogP contribution in [0.15, 0.2) is 29.2 Å². The van der Waals surface area contributed by atoms with Crippen LogP contribution in [0.5, 0.6) is 0 Å². The Balaban J connectivity index is 1.97. The minimum Gasteiger partial charge on any atom is -0.388 e. The first-order valence-corrected chi connectivity index (χ1v) is 8.24. The lowest BCUT2D eigenvalue weighted by atomic mass is 10.1. The molecule has 0 bridgehead atoms. The predicted octanol–water partition coefficient (Wildman–Crippen LogP) is 1.57. The van der Waals surface area contributed by atoms with Crippen molar-refractivity contribution in [2.75, 3.05) is 6.54 Å². The van der Waals surface area contributed by atoms with Gasteiger partial charge in [0.2, 0.25) is 10.0 Å². The smallest absolute Gasteiger partial charge is 0.244 e. The molecule has 1 unspecified atom stereocenters. The van der Waals surface area contributed by atoms with E-state index in [1.165, 1.54) is 24.3 Å². The fourth-order valence-corrected chi connectivity index (χ4v) is 3.60. The molecule has 2 aromatic rings. The van der Waals surface area contributed by atoms with E-state index in [-0.39, 0.29) is 23.7 Å². The normalized spacial score (nSPS) is 13.3. The van der Waals surface area contributed by atoms with Crippen molar-refractivity contribution in [3.05, 3.63) is 47.0 Å². The van der Waals surface area contributed by atoms with Crippen molar-refractivity contribution >= 4 is 10.0 Å². The number of aromatic nitrogens is 2. The van der Waals surface area contributed by atoms with Gasteiger partial charge in [0, 0.05) is 6.54 Å². The number of aliphatic hydroxyl groups is 1. The maximum atomic E-state index is 12.8. The number of sulfonamides is 1. The quantitative estimate of drug-likeness (QED) is 0.750. The Hall–Kier alpha value is -1.77. The highest BCUT2D eigenvalue weighted by atomic mass is 32.2. The Bertz CT molecular complexity index is 722. The van der Waals surface area contributed by atoms with Gasteiger partial charge in [-0.05, 0) is 38.0 Å². The summed E-state index contributed by atoms with van der Waals surface area (Å²) >= 11 is 0. The van der Waals surface area contributed by atoms with Crippen LogP contribution in [-0.4, -0.2) is 30.3 Å². The maximum absolute atomic E-state index is 12.8. The highest BCUT2D eigenvalue weighted by Crippen LogP contribution is 2.18. The molecule has 0 amide bonds. The van der Waals surface area contributed by atoms with Crippen LogP contribution in [0.3, 0.4) is 0 Å². The third-order valence-electron chi connectivity index (χ3n) is 3.29. The molecule has 0 aliphatic carbocycles. The number of hydrogen-bond donors (Lipinski definition) is 3. The molecule has 3 N–H and O–H groups in total. The van der Waals surface area contributed by atoms with Crippen LogP contribution in [0.1, 0.15) is 29.5 Å². The summed E-state index contributed by atoms with van der Waals surface area (Å²) in [6.45, 7) is 3.29. The fraction of sp³-hybridized carbons (Fsp3) is 0.357. The number of nitrogens with one attached hydrogen (secondary N) is 2. The second kappa shape index (κ2) is 6.55. The number of nitrogens with zero attached hydrogens (tertiary/aromatic N) is 1. The average molecular weight is 327 g/mol. The zero-order chi connectivity index (χ0) is 16.3. The Labute approximate surface area is 128 Å². The number of halogens is 1. The van der Waals surface area contributed by atoms with E-state index in [0.717, 1.165) is 0 Å². The SMILES string of the molecule is Cc1n[nH]c(C)c1S(=O)(=O)NCCC(O)c1ccc(F)cc1. The molecule has 6 nitrogen and oxygen atoms in total. The van der Waals surface area contributed by atoms with Gasteiger partial charge in [0.05, 0.1) is 17.5 Å².